The molecule has 0 amide bonds. The van der Waals surface area contributed by atoms with E-state index in [1.165, 1.54) is 0 Å². The van der Waals surface area contributed by atoms with Gasteiger partial charge in [0.05, 0.1) is 0 Å². The first kappa shape index (κ1) is 17.1. The van der Waals surface area contributed by atoms with Gasteiger partial charge < -0.3 is 4.57 Å². The first-order valence-electron chi connectivity index (χ1n) is 6.79. The maximum absolute atomic E-state index is 12.6. The number of anilines is 1. The van der Waals surface area contributed by atoms with E-state index in [1.54, 1.807) is 53.4 Å². The molecule has 0 saturated carbocycles. The third-order valence-corrected chi connectivity index (χ3v) is 6.16. The number of aromatic nitrogens is 3. The van der Waals surface area contributed by atoms with E-state index in [0.717, 1.165) is 5.56 Å². The minimum atomic E-state index is -3.70. The van der Waals surface area contributed by atoms with Crippen molar-refractivity contribution in [1.82, 2.24) is 14.8 Å². The molecule has 0 fully saturated rings. The van der Waals surface area contributed by atoms with Crippen molar-refractivity contribution in [2.75, 3.05) is 4.72 Å². The van der Waals surface area contributed by atoms with E-state index in [1.807, 2.05) is 7.05 Å². The van der Waals surface area contributed by atoms with Gasteiger partial charge in [0.2, 0.25) is 0 Å². The number of nitrogens with zero attached hydrogens (tertiary/aromatic N) is 3. The van der Waals surface area contributed by atoms with Crippen LogP contribution in [0.1, 0.15) is 0 Å². The predicted molar refractivity (Wildman–Crippen MR) is 99.1 cm³/mol. The molecular weight excluding hydrogens is 460 g/mol. The fourth-order valence-corrected chi connectivity index (χ4v) is 4.69. The second-order valence-corrected chi connectivity index (χ2v) is 8.44. The number of nitrogens with one attached hydrogen (secondary N) is 1. The monoisotopic (exact) mass is 470 g/mol. The molecule has 3 aromatic rings. The Morgan fingerprint density at radius 3 is 2.42 bits per heavy atom. The van der Waals surface area contributed by atoms with E-state index < -0.39 is 10.0 Å². The van der Waals surface area contributed by atoms with Crippen molar-refractivity contribution in [3.05, 3.63) is 57.7 Å². The van der Waals surface area contributed by atoms with Gasteiger partial charge >= 0.3 is 0 Å². The minimum Gasteiger partial charge on any atom is -0.317 e. The summed E-state index contributed by atoms with van der Waals surface area (Å²) < 4.78 is 30.6. The Kier molecular flexibility index (Phi) is 4.75. The summed E-state index contributed by atoms with van der Waals surface area (Å²) in [6, 6.07) is 11.9. The smallest absolute Gasteiger partial charge is 0.263 e. The maximum atomic E-state index is 12.6. The summed E-state index contributed by atoms with van der Waals surface area (Å²) >= 11 is 6.55. The van der Waals surface area contributed by atoms with Crippen molar-refractivity contribution >= 4 is 47.6 Å². The van der Waals surface area contributed by atoms with Crippen LogP contribution in [0.15, 0.2) is 62.6 Å². The van der Waals surface area contributed by atoms with Crippen molar-refractivity contribution < 1.29 is 8.42 Å². The number of aryl methyl sites for hydroxylation is 1. The zero-order chi connectivity index (χ0) is 17.3. The Labute approximate surface area is 156 Å². The molecule has 9 heteroatoms. The molecule has 3 rings (SSSR count). The molecule has 1 aromatic heterocycles. The highest BCUT2D eigenvalue weighted by atomic mass is 79.9. The van der Waals surface area contributed by atoms with Gasteiger partial charge in [-0.15, -0.1) is 10.2 Å². The Hall–Kier alpha value is -1.71. The van der Waals surface area contributed by atoms with Crippen LogP contribution in [-0.4, -0.2) is 23.2 Å². The van der Waals surface area contributed by atoms with E-state index in [2.05, 4.69) is 46.8 Å². The Morgan fingerprint density at radius 2 is 1.79 bits per heavy atom. The second-order valence-electron chi connectivity index (χ2n) is 5.02. The lowest BCUT2D eigenvalue weighted by Gasteiger charge is -2.10. The van der Waals surface area contributed by atoms with Crippen LogP contribution < -0.4 is 4.72 Å². The fourth-order valence-electron chi connectivity index (χ4n) is 2.13. The summed E-state index contributed by atoms with van der Waals surface area (Å²) in [5.41, 5.74) is 1.31. The maximum Gasteiger partial charge on any atom is 0.263 e. The number of hydrogen-bond donors (Lipinski definition) is 1. The summed E-state index contributed by atoms with van der Waals surface area (Å²) in [5, 5.41) is 7.85. The highest BCUT2D eigenvalue weighted by molar-refractivity contribution is 9.11. The van der Waals surface area contributed by atoms with E-state index >= 15 is 0 Å². The third kappa shape index (κ3) is 3.52. The van der Waals surface area contributed by atoms with Crippen molar-refractivity contribution in [2.24, 2.45) is 7.05 Å². The van der Waals surface area contributed by atoms with Gasteiger partial charge in [-0.05, 0) is 58.4 Å². The summed E-state index contributed by atoms with van der Waals surface area (Å²) in [7, 11) is -1.86. The lowest BCUT2D eigenvalue weighted by atomic mass is 10.2. The molecule has 0 aliphatic heterocycles. The molecule has 0 aliphatic carbocycles. The summed E-state index contributed by atoms with van der Waals surface area (Å²) in [4.78, 5) is 0.161. The highest BCUT2D eigenvalue weighted by Crippen LogP contribution is 2.28. The van der Waals surface area contributed by atoms with Crippen molar-refractivity contribution in [2.45, 2.75) is 4.90 Å². The van der Waals surface area contributed by atoms with Gasteiger partial charge in [-0.25, -0.2) is 8.42 Å². The van der Waals surface area contributed by atoms with Crippen LogP contribution in [0.5, 0.6) is 0 Å². The van der Waals surface area contributed by atoms with Crippen LogP contribution in [0.25, 0.3) is 11.4 Å². The number of hydrogen-bond acceptors (Lipinski definition) is 4. The van der Waals surface area contributed by atoms with Gasteiger partial charge in [-0.2, -0.15) is 0 Å². The molecule has 0 aliphatic rings. The van der Waals surface area contributed by atoms with Gasteiger partial charge in [0.1, 0.15) is 11.2 Å². The van der Waals surface area contributed by atoms with Gasteiger partial charge in [0, 0.05) is 27.2 Å². The number of halogens is 2. The van der Waals surface area contributed by atoms with E-state index in [9.17, 15) is 8.42 Å². The van der Waals surface area contributed by atoms with Gasteiger partial charge in [-0.1, -0.05) is 15.9 Å². The predicted octanol–water partition coefficient (Wildman–Crippen LogP) is 3.81. The number of benzene rings is 2. The lowest BCUT2D eigenvalue weighted by Crippen LogP contribution is -2.13. The molecule has 0 bridgehead atoms. The standard InChI is InChI=1S/C15H12Br2N4O2S/c1-21-9-18-19-15(21)10-2-5-12(6-3-10)20-24(22,23)14-8-11(16)4-7-13(14)17/h2-9,20H,1H3. The molecule has 2 aromatic carbocycles. The highest BCUT2D eigenvalue weighted by Gasteiger charge is 2.18. The quantitative estimate of drug-likeness (QED) is 0.627. The van der Waals surface area contributed by atoms with Crippen LogP contribution >= 0.6 is 31.9 Å². The van der Waals surface area contributed by atoms with Crippen LogP contribution in [-0.2, 0) is 17.1 Å². The Bertz CT molecular complexity index is 985. The first-order valence-corrected chi connectivity index (χ1v) is 9.86. The van der Waals surface area contributed by atoms with Gasteiger partial charge in [0.15, 0.2) is 5.82 Å². The molecule has 6 nitrogen and oxygen atoms in total. The molecule has 0 saturated heterocycles. The molecule has 0 unspecified atom stereocenters. The molecule has 0 atom stereocenters. The van der Waals surface area contributed by atoms with Crippen LogP contribution in [0.4, 0.5) is 5.69 Å². The van der Waals surface area contributed by atoms with E-state index in [4.69, 9.17) is 0 Å². The van der Waals surface area contributed by atoms with E-state index in [-0.39, 0.29) is 4.90 Å². The normalized spacial score (nSPS) is 11.5. The summed E-state index contributed by atoms with van der Waals surface area (Å²) in [6.07, 6.45) is 1.61. The second kappa shape index (κ2) is 6.66. The zero-order valence-corrected chi connectivity index (χ0v) is 16.4. The van der Waals surface area contributed by atoms with Crippen molar-refractivity contribution in [1.29, 1.82) is 0 Å². The average molecular weight is 472 g/mol. The molecule has 0 radical (unpaired) electrons. The number of sulfonamides is 1. The molecule has 24 heavy (non-hydrogen) atoms. The van der Waals surface area contributed by atoms with Gasteiger partial charge in [-0.3, -0.25) is 4.72 Å². The summed E-state index contributed by atoms with van der Waals surface area (Å²) in [6.45, 7) is 0. The number of rotatable bonds is 4. The van der Waals surface area contributed by atoms with Crippen LogP contribution in [0.2, 0.25) is 0 Å². The van der Waals surface area contributed by atoms with Crippen LogP contribution in [0.3, 0.4) is 0 Å². The van der Waals surface area contributed by atoms with Gasteiger partial charge in [0.25, 0.3) is 10.0 Å². The third-order valence-electron chi connectivity index (χ3n) is 3.29. The average Bonchev–Trinajstić information content (AvgIpc) is 2.96. The van der Waals surface area contributed by atoms with Crippen molar-refractivity contribution in [3.8, 4) is 11.4 Å². The molecule has 124 valence electrons. The molecule has 1 heterocycles. The largest absolute Gasteiger partial charge is 0.317 e. The Balaban J connectivity index is 1.88. The van der Waals surface area contributed by atoms with Crippen molar-refractivity contribution in [3.63, 3.8) is 0 Å². The first-order chi connectivity index (χ1) is 11.4. The molecule has 1 N–H and O–H groups in total. The fraction of sp³-hybridized carbons (Fsp3) is 0.0667. The van der Waals surface area contributed by atoms with Crippen LogP contribution in [0, 0.1) is 0 Å². The molecule has 0 spiro atoms. The topological polar surface area (TPSA) is 76.9 Å². The van der Waals surface area contributed by atoms with E-state index in [0.29, 0.717) is 20.5 Å². The molecular formula is C15H12Br2N4O2S. The lowest BCUT2D eigenvalue weighted by molar-refractivity contribution is 0.600. The Morgan fingerprint density at radius 1 is 1.08 bits per heavy atom. The minimum absolute atomic E-state index is 0.161. The summed E-state index contributed by atoms with van der Waals surface area (Å²) in [5.74, 6) is 0.708. The zero-order valence-electron chi connectivity index (χ0n) is 12.4. The SMILES string of the molecule is Cn1cnnc1-c1ccc(NS(=O)(=O)c2cc(Br)ccc2Br)cc1.